The molecule has 1 atom stereocenters. The zero-order chi connectivity index (χ0) is 13.8. The zero-order valence-corrected chi connectivity index (χ0v) is 12.6. The molecule has 1 unspecified atom stereocenters. The summed E-state index contributed by atoms with van der Waals surface area (Å²) in [5.74, 6) is 1.74. The Morgan fingerprint density at radius 1 is 1.44 bits per heavy atom. The maximum atomic E-state index is 12.2. The van der Waals surface area contributed by atoms with Crippen LogP contribution >= 0.6 is 11.8 Å². The summed E-state index contributed by atoms with van der Waals surface area (Å²) in [6.07, 6.45) is 0. The van der Waals surface area contributed by atoms with Gasteiger partial charge in [0, 0.05) is 17.5 Å². The number of hydrogen-bond acceptors (Lipinski definition) is 4. The smallest absolute Gasteiger partial charge is 0.241 e. The Kier molecular flexibility index (Phi) is 5.49. The number of benzene rings is 1. The van der Waals surface area contributed by atoms with Crippen LogP contribution in [0.15, 0.2) is 23.1 Å². The van der Waals surface area contributed by atoms with Crippen molar-refractivity contribution in [1.29, 1.82) is 0 Å². The van der Waals surface area contributed by atoms with Crippen LogP contribution in [0.2, 0.25) is 0 Å². The summed E-state index contributed by atoms with van der Waals surface area (Å²) >= 11 is 1.71. The lowest BCUT2D eigenvalue weighted by Gasteiger charge is -2.15. The predicted molar refractivity (Wildman–Crippen MR) is 78.4 cm³/mol. The summed E-state index contributed by atoms with van der Waals surface area (Å²) in [5, 5.41) is 0. The molecule has 1 rings (SSSR count). The second kappa shape index (κ2) is 6.45. The normalized spacial score (nSPS) is 13.5. The molecule has 0 aliphatic heterocycles. The molecule has 0 spiro atoms. The molecule has 0 fully saturated rings. The van der Waals surface area contributed by atoms with E-state index in [0.717, 1.165) is 11.5 Å². The standard InChI is InChI=1S/C12H20N2O2S2/c1-4-17-8-9(2)14-18(15,16)12-7-5-6-11(13)10(12)3/h5-7,9,14H,4,8,13H2,1-3H3. The first-order valence-corrected chi connectivity index (χ1v) is 8.47. The summed E-state index contributed by atoms with van der Waals surface area (Å²) in [7, 11) is -3.49. The van der Waals surface area contributed by atoms with Crippen molar-refractivity contribution in [2.24, 2.45) is 0 Å². The highest BCUT2D eigenvalue weighted by molar-refractivity contribution is 7.99. The number of nitrogens with two attached hydrogens (primary N) is 1. The van der Waals surface area contributed by atoms with Crippen LogP contribution in [-0.4, -0.2) is 26.0 Å². The number of hydrogen-bond donors (Lipinski definition) is 2. The number of sulfonamides is 1. The molecule has 4 nitrogen and oxygen atoms in total. The van der Waals surface area contributed by atoms with Gasteiger partial charge in [-0.15, -0.1) is 0 Å². The van der Waals surface area contributed by atoms with Gasteiger partial charge in [0.05, 0.1) is 4.90 Å². The van der Waals surface area contributed by atoms with Gasteiger partial charge < -0.3 is 5.73 Å². The third kappa shape index (κ3) is 3.90. The molecule has 1 aromatic rings. The zero-order valence-electron chi connectivity index (χ0n) is 10.9. The Bertz CT molecular complexity index is 501. The Hall–Kier alpha value is -0.720. The van der Waals surface area contributed by atoms with Gasteiger partial charge in [0.15, 0.2) is 0 Å². The Morgan fingerprint density at radius 2 is 2.11 bits per heavy atom. The van der Waals surface area contributed by atoms with Crippen molar-refractivity contribution >= 4 is 27.5 Å². The van der Waals surface area contributed by atoms with Crippen molar-refractivity contribution in [3.63, 3.8) is 0 Å². The molecular weight excluding hydrogens is 268 g/mol. The van der Waals surface area contributed by atoms with Crippen LogP contribution in [0.3, 0.4) is 0 Å². The van der Waals surface area contributed by atoms with Crippen LogP contribution in [0, 0.1) is 6.92 Å². The molecule has 3 N–H and O–H groups in total. The molecule has 0 aliphatic rings. The van der Waals surface area contributed by atoms with Crippen LogP contribution in [0.4, 0.5) is 5.69 Å². The molecule has 6 heteroatoms. The van der Waals surface area contributed by atoms with E-state index in [9.17, 15) is 8.42 Å². The first-order chi connectivity index (χ1) is 8.38. The fraction of sp³-hybridized carbons (Fsp3) is 0.500. The lowest BCUT2D eigenvalue weighted by Crippen LogP contribution is -2.34. The maximum absolute atomic E-state index is 12.2. The average Bonchev–Trinajstić information content (AvgIpc) is 2.29. The lowest BCUT2D eigenvalue weighted by molar-refractivity contribution is 0.570. The molecule has 0 aliphatic carbocycles. The molecule has 0 radical (unpaired) electrons. The minimum Gasteiger partial charge on any atom is -0.398 e. The van der Waals surface area contributed by atoms with Crippen molar-refractivity contribution in [2.75, 3.05) is 17.2 Å². The van der Waals surface area contributed by atoms with Gasteiger partial charge in [-0.25, -0.2) is 13.1 Å². The molecular formula is C12H20N2O2S2. The highest BCUT2D eigenvalue weighted by atomic mass is 32.2. The van der Waals surface area contributed by atoms with E-state index in [1.165, 1.54) is 0 Å². The Labute approximate surface area is 113 Å². The quantitative estimate of drug-likeness (QED) is 0.785. The molecule has 0 heterocycles. The number of thioether (sulfide) groups is 1. The number of nitrogens with one attached hydrogen (secondary N) is 1. The van der Waals surface area contributed by atoms with Crippen LogP contribution in [0.1, 0.15) is 19.4 Å². The number of nitrogen functional groups attached to an aromatic ring is 1. The van der Waals surface area contributed by atoms with Gasteiger partial charge in [-0.3, -0.25) is 0 Å². The summed E-state index contributed by atoms with van der Waals surface area (Å²) < 4.78 is 27.1. The van der Waals surface area contributed by atoms with Crippen molar-refractivity contribution in [3.05, 3.63) is 23.8 Å². The second-order valence-electron chi connectivity index (χ2n) is 4.15. The van der Waals surface area contributed by atoms with E-state index in [-0.39, 0.29) is 10.9 Å². The van der Waals surface area contributed by atoms with Crippen LogP contribution in [0.5, 0.6) is 0 Å². The SMILES string of the molecule is CCSCC(C)NS(=O)(=O)c1cccc(N)c1C. The predicted octanol–water partition coefficient (Wildman–Crippen LogP) is 2.00. The molecule has 1 aromatic carbocycles. The molecule has 0 saturated carbocycles. The van der Waals surface area contributed by atoms with Crippen molar-refractivity contribution in [2.45, 2.75) is 31.7 Å². The van der Waals surface area contributed by atoms with E-state index >= 15 is 0 Å². The maximum Gasteiger partial charge on any atom is 0.241 e. The topological polar surface area (TPSA) is 72.2 Å². The minimum absolute atomic E-state index is 0.0965. The van der Waals surface area contributed by atoms with Gasteiger partial charge in [-0.05, 0) is 37.3 Å². The van der Waals surface area contributed by atoms with Gasteiger partial charge in [0.25, 0.3) is 0 Å². The van der Waals surface area contributed by atoms with Crippen LogP contribution in [0.25, 0.3) is 0 Å². The largest absolute Gasteiger partial charge is 0.398 e. The highest BCUT2D eigenvalue weighted by Crippen LogP contribution is 2.20. The van der Waals surface area contributed by atoms with Crippen molar-refractivity contribution in [1.82, 2.24) is 4.72 Å². The first kappa shape index (κ1) is 15.3. The Balaban J connectivity index is 2.90. The van der Waals surface area contributed by atoms with Crippen LogP contribution in [-0.2, 0) is 10.0 Å². The molecule has 18 heavy (non-hydrogen) atoms. The lowest BCUT2D eigenvalue weighted by atomic mass is 10.2. The van der Waals surface area contributed by atoms with E-state index in [4.69, 9.17) is 5.73 Å². The van der Waals surface area contributed by atoms with Gasteiger partial charge in [-0.1, -0.05) is 13.0 Å². The third-order valence-electron chi connectivity index (χ3n) is 2.54. The summed E-state index contributed by atoms with van der Waals surface area (Å²) in [6.45, 7) is 5.63. The van der Waals surface area contributed by atoms with Gasteiger partial charge in [-0.2, -0.15) is 11.8 Å². The van der Waals surface area contributed by atoms with E-state index in [0.29, 0.717) is 11.3 Å². The molecule has 0 aromatic heterocycles. The minimum atomic E-state index is -3.49. The van der Waals surface area contributed by atoms with Crippen LogP contribution < -0.4 is 10.5 Å². The van der Waals surface area contributed by atoms with E-state index in [1.807, 2.05) is 13.8 Å². The van der Waals surface area contributed by atoms with Gasteiger partial charge in [0.2, 0.25) is 10.0 Å². The molecule has 0 amide bonds. The summed E-state index contributed by atoms with van der Waals surface area (Å²) in [5.41, 5.74) is 6.82. The fourth-order valence-electron chi connectivity index (χ4n) is 1.58. The van der Waals surface area contributed by atoms with Gasteiger partial charge >= 0.3 is 0 Å². The van der Waals surface area contributed by atoms with Gasteiger partial charge in [0.1, 0.15) is 0 Å². The summed E-state index contributed by atoms with van der Waals surface area (Å²) in [6, 6.07) is 4.83. The van der Waals surface area contributed by atoms with E-state index in [1.54, 1.807) is 36.9 Å². The Morgan fingerprint density at radius 3 is 2.72 bits per heavy atom. The number of rotatable bonds is 6. The third-order valence-corrected chi connectivity index (χ3v) is 5.42. The van der Waals surface area contributed by atoms with E-state index < -0.39 is 10.0 Å². The van der Waals surface area contributed by atoms with E-state index in [2.05, 4.69) is 4.72 Å². The van der Waals surface area contributed by atoms with Crippen molar-refractivity contribution in [3.8, 4) is 0 Å². The average molecular weight is 288 g/mol. The summed E-state index contributed by atoms with van der Waals surface area (Å²) in [4.78, 5) is 0.260. The monoisotopic (exact) mass is 288 g/mol. The molecule has 102 valence electrons. The first-order valence-electron chi connectivity index (χ1n) is 5.83. The molecule has 0 saturated heterocycles. The number of anilines is 1. The second-order valence-corrected chi connectivity index (χ2v) is 7.15. The van der Waals surface area contributed by atoms with Crippen molar-refractivity contribution < 1.29 is 8.42 Å². The fourth-order valence-corrected chi connectivity index (χ4v) is 3.88. The molecule has 0 bridgehead atoms. The highest BCUT2D eigenvalue weighted by Gasteiger charge is 2.20.